The minimum Gasteiger partial charge on any atom is -0.462 e. The largest absolute Gasteiger partial charge is 0.462 e. The Morgan fingerprint density at radius 1 is 1.13 bits per heavy atom. The van der Waals surface area contributed by atoms with E-state index in [9.17, 15) is 9.59 Å². The molecule has 0 spiro atoms. The third-order valence-electron chi connectivity index (χ3n) is 4.88. The van der Waals surface area contributed by atoms with Crippen LogP contribution < -0.4 is 10.6 Å². The maximum absolute atomic E-state index is 12.8. The van der Waals surface area contributed by atoms with Crippen LogP contribution in [0.4, 0.5) is 11.4 Å². The number of fused-ring (bicyclic) bond motifs is 1. The van der Waals surface area contributed by atoms with Gasteiger partial charge in [-0.05, 0) is 60.2 Å². The van der Waals surface area contributed by atoms with Gasteiger partial charge >= 0.3 is 5.97 Å². The molecule has 0 radical (unpaired) electrons. The highest BCUT2D eigenvalue weighted by molar-refractivity contribution is 6.32. The van der Waals surface area contributed by atoms with Gasteiger partial charge in [-0.1, -0.05) is 19.4 Å². The van der Waals surface area contributed by atoms with E-state index in [-0.39, 0.29) is 5.91 Å². The van der Waals surface area contributed by atoms with Gasteiger partial charge in [-0.3, -0.25) is 4.79 Å². The standard InChI is InChI=1S/C22H22N6O3/c1-3-5-17(23-15-9-6-13(7-10-15)20-25-27-28-26-20)19-16-11-8-14(22(30)31-4-2)12-18(16)24-21(19)29/h6-12,23H,3-5H2,1-2H3,(H,24,29)(H,25,26,27,28). The Morgan fingerprint density at radius 3 is 2.61 bits per heavy atom. The van der Waals surface area contributed by atoms with Crippen LogP contribution in [0.25, 0.3) is 17.0 Å². The van der Waals surface area contributed by atoms with Crippen LogP contribution in [-0.4, -0.2) is 39.1 Å². The number of anilines is 2. The summed E-state index contributed by atoms with van der Waals surface area (Å²) in [7, 11) is 0. The number of nitrogens with one attached hydrogen (secondary N) is 3. The van der Waals surface area contributed by atoms with Gasteiger partial charge in [-0.15, -0.1) is 5.10 Å². The number of hydrogen-bond donors (Lipinski definition) is 3. The van der Waals surface area contributed by atoms with E-state index in [0.717, 1.165) is 28.9 Å². The molecule has 0 saturated heterocycles. The van der Waals surface area contributed by atoms with Gasteiger partial charge < -0.3 is 15.4 Å². The summed E-state index contributed by atoms with van der Waals surface area (Å²) < 4.78 is 5.05. The number of hydrogen-bond acceptors (Lipinski definition) is 7. The number of aromatic amines is 1. The first kappa shape index (κ1) is 20.3. The number of amides is 1. The van der Waals surface area contributed by atoms with Crippen molar-refractivity contribution in [3.63, 3.8) is 0 Å². The molecule has 1 aliphatic rings. The van der Waals surface area contributed by atoms with Crippen LogP contribution in [-0.2, 0) is 9.53 Å². The molecule has 31 heavy (non-hydrogen) atoms. The average molecular weight is 418 g/mol. The van der Waals surface area contributed by atoms with E-state index in [1.54, 1.807) is 25.1 Å². The van der Waals surface area contributed by atoms with Crippen molar-refractivity contribution >= 4 is 28.8 Å². The van der Waals surface area contributed by atoms with Crippen molar-refractivity contribution < 1.29 is 14.3 Å². The van der Waals surface area contributed by atoms with Gasteiger partial charge in [-0.25, -0.2) is 9.89 Å². The molecule has 9 heteroatoms. The molecule has 1 amide bonds. The zero-order valence-electron chi connectivity index (χ0n) is 17.2. The molecule has 158 valence electrons. The molecule has 2 heterocycles. The number of ether oxygens (including phenoxy) is 1. The monoisotopic (exact) mass is 418 g/mol. The van der Waals surface area contributed by atoms with E-state index in [1.165, 1.54) is 0 Å². The first-order chi connectivity index (χ1) is 15.1. The Labute approximate surface area is 178 Å². The molecule has 2 aromatic carbocycles. The van der Waals surface area contributed by atoms with Gasteiger partial charge in [0.15, 0.2) is 5.82 Å². The number of benzene rings is 2. The molecule has 0 aliphatic carbocycles. The van der Waals surface area contributed by atoms with E-state index >= 15 is 0 Å². The van der Waals surface area contributed by atoms with Gasteiger partial charge in [0.05, 0.1) is 23.4 Å². The summed E-state index contributed by atoms with van der Waals surface area (Å²) in [5, 5.41) is 20.1. The lowest BCUT2D eigenvalue weighted by molar-refractivity contribution is -0.110. The summed E-state index contributed by atoms with van der Waals surface area (Å²) in [5.74, 6) is -0.0255. The summed E-state index contributed by atoms with van der Waals surface area (Å²) in [6, 6.07) is 12.7. The molecule has 3 aromatic rings. The van der Waals surface area contributed by atoms with E-state index in [2.05, 4.69) is 38.2 Å². The zero-order chi connectivity index (χ0) is 21.8. The van der Waals surface area contributed by atoms with Crippen molar-refractivity contribution in [3.8, 4) is 11.4 Å². The predicted molar refractivity (Wildman–Crippen MR) is 116 cm³/mol. The lowest BCUT2D eigenvalue weighted by Gasteiger charge is -2.14. The number of H-pyrrole nitrogens is 1. The molecule has 0 atom stereocenters. The summed E-state index contributed by atoms with van der Waals surface area (Å²) in [6.45, 7) is 4.11. The minimum absolute atomic E-state index is 0.198. The van der Waals surface area contributed by atoms with Crippen LogP contribution >= 0.6 is 0 Å². The molecular formula is C22H22N6O3. The number of esters is 1. The quantitative estimate of drug-likeness (QED) is 0.396. The van der Waals surface area contributed by atoms with Crippen molar-refractivity contribution in [1.29, 1.82) is 0 Å². The lowest BCUT2D eigenvalue weighted by Crippen LogP contribution is -2.10. The zero-order valence-corrected chi connectivity index (χ0v) is 17.2. The number of allylic oxidation sites excluding steroid dienone is 1. The molecule has 9 nitrogen and oxygen atoms in total. The third-order valence-corrected chi connectivity index (χ3v) is 4.88. The van der Waals surface area contributed by atoms with Gasteiger partial charge in [0.1, 0.15) is 0 Å². The predicted octanol–water partition coefficient (Wildman–Crippen LogP) is 3.62. The van der Waals surface area contributed by atoms with Gasteiger partial charge in [-0.2, -0.15) is 0 Å². The Kier molecular flexibility index (Phi) is 5.74. The minimum atomic E-state index is -0.411. The smallest absolute Gasteiger partial charge is 0.338 e. The molecule has 0 unspecified atom stereocenters. The summed E-state index contributed by atoms with van der Waals surface area (Å²) >= 11 is 0. The van der Waals surface area contributed by atoms with E-state index in [1.807, 2.05) is 24.3 Å². The van der Waals surface area contributed by atoms with E-state index in [0.29, 0.717) is 35.7 Å². The first-order valence-electron chi connectivity index (χ1n) is 10.1. The van der Waals surface area contributed by atoms with Crippen LogP contribution in [0.5, 0.6) is 0 Å². The Balaban J connectivity index is 1.65. The van der Waals surface area contributed by atoms with Crippen molar-refractivity contribution in [3.05, 3.63) is 59.3 Å². The average Bonchev–Trinajstić information content (AvgIpc) is 3.41. The van der Waals surface area contributed by atoms with Gasteiger partial charge in [0, 0.05) is 22.5 Å². The Hall–Kier alpha value is -4.01. The maximum atomic E-state index is 12.8. The van der Waals surface area contributed by atoms with E-state index in [4.69, 9.17) is 4.74 Å². The molecule has 0 bridgehead atoms. The van der Waals surface area contributed by atoms with Crippen LogP contribution in [0.2, 0.25) is 0 Å². The summed E-state index contributed by atoms with van der Waals surface area (Å²) in [4.78, 5) is 24.8. The van der Waals surface area contributed by atoms with Crippen molar-refractivity contribution in [2.75, 3.05) is 17.2 Å². The molecule has 3 N–H and O–H groups in total. The van der Waals surface area contributed by atoms with Gasteiger partial charge in [0.2, 0.25) is 0 Å². The molecule has 1 aliphatic heterocycles. The van der Waals surface area contributed by atoms with Gasteiger partial charge in [0.25, 0.3) is 5.91 Å². The fourth-order valence-electron chi connectivity index (χ4n) is 3.48. The number of tetrazole rings is 1. The topological polar surface area (TPSA) is 122 Å². The highest BCUT2D eigenvalue weighted by Crippen LogP contribution is 2.36. The van der Waals surface area contributed by atoms with Crippen LogP contribution in [0.15, 0.2) is 48.2 Å². The first-order valence-corrected chi connectivity index (χ1v) is 10.1. The lowest BCUT2D eigenvalue weighted by atomic mass is 10.0. The Morgan fingerprint density at radius 2 is 1.94 bits per heavy atom. The molecule has 0 fully saturated rings. The number of rotatable bonds is 7. The number of carbonyl (C=O) groups is 2. The normalized spacial score (nSPS) is 14.1. The van der Waals surface area contributed by atoms with Crippen LogP contribution in [0.3, 0.4) is 0 Å². The van der Waals surface area contributed by atoms with Crippen LogP contribution in [0, 0.1) is 0 Å². The van der Waals surface area contributed by atoms with Crippen LogP contribution in [0.1, 0.15) is 42.6 Å². The highest BCUT2D eigenvalue weighted by atomic mass is 16.5. The third kappa shape index (κ3) is 4.16. The fourth-order valence-corrected chi connectivity index (χ4v) is 3.48. The molecule has 1 aromatic heterocycles. The number of carbonyl (C=O) groups excluding carboxylic acids is 2. The summed E-state index contributed by atoms with van der Waals surface area (Å²) in [6.07, 6.45) is 1.55. The second kappa shape index (κ2) is 8.78. The number of aromatic nitrogens is 4. The van der Waals surface area contributed by atoms with Crippen molar-refractivity contribution in [2.45, 2.75) is 26.7 Å². The Bertz CT molecular complexity index is 1140. The molecular weight excluding hydrogens is 396 g/mol. The number of nitrogens with zero attached hydrogens (tertiary/aromatic N) is 3. The molecule has 0 saturated carbocycles. The van der Waals surface area contributed by atoms with E-state index < -0.39 is 5.97 Å². The second-order valence-electron chi connectivity index (χ2n) is 6.99. The molecule has 4 rings (SSSR count). The maximum Gasteiger partial charge on any atom is 0.338 e. The fraction of sp³-hybridized carbons (Fsp3) is 0.227. The van der Waals surface area contributed by atoms with Crippen molar-refractivity contribution in [2.24, 2.45) is 0 Å². The second-order valence-corrected chi connectivity index (χ2v) is 6.99. The SMILES string of the molecule is CCCC(Nc1ccc(-c2nnn[nH]2)cc1)=C1C(=O)Nc2cc(C(=O)OCC)ccc21. The highest BCUT2D eigenvalue weighted by Gasteiger charge is 2.28. The summed E-state index contributed by atoms with van der Waals surface area (Å²) in [5.41, 5.74) is 4.87. The van der Waals surface area contributed by atoms with Crippen molar-refractivity contribution in [1.82, 2.24) is 20.6 Å².